The summed E-state index contributed by atoms with van der Waals surface area (Å²) in [7, 11) is 0. The molecule has 4 rings (SSSR count). The first-order valence-electron chi connectivity index (χ1n) is 10.9. The normalized spacial score (nSPS) is 12.6. The van der Waals surface area contributed by atoms with Crippen LogP contribution in [0.2, 0.25) is 0 Å². The van der Waals surface area contributed by atoms with Gasteiger partial charge in [0.15, 0.2) is 0 Å². The number of hydrogen-bond donors (Lipinski definition) is 0. The molecular formula is C26H38N2. The van der Waals surface area contributed by atoms with Gasteiger partial charge < -0.3 is 0 Å². The standard InChI is InChI=1S/2C10H11N.2C3H8/c1-2-10-9-6-4-3-5-8(9)7-11-10;1-2-9-7-8-5-3-4-6-10(8)11-9;2*1-3-2/h2*3-6H,2,7H2,1H3;2*3H2,1-2H3. The van der Waals surface area contributed by atoms with E-state index in [1.165, 1.54) is 46.6 Å². The number of fused-ring (bicyclic) bond motifs is 2. The Morgan fingerprint density at radius 1 is 0.714 bits per heavy atom. The molecule has 28 heavy (non-hydrogen) atoms. The molecule has 2 heterocycles. The van der Waals surface area contributed by atoms with Crippen LogP contribution < -0.4 is 0 Å². The predicted molar refractivity (Wildman–Crippen MR) is 126 cm³/mol. The second kappa shape index (κ2) is 13.9. The maximum absolute atomic E-state index is 4.49. The average Bonchev–Trinajstić information content (AvgIpc) is 3.33. The fourth-order valence-electron chi connectivity index (χ4n) is 2.91. The quantitative estimate of drug-likeness (QED) is 0.506. The van der Waals surface area contributed by atoms with Crippen molar-refractivity contribution in [2.75, 3.05) is 0 Å². The third kappa shape index (κ3) is 7.42. The minimum absolute atomic E-state index is 0.888. The first-order chi connectivity index (χ1) is 13.6. The highest BCUT2D eigenvalue weighted by atomic mass is 14.8. The lowest BCUT2D eigenvalue weighted by atomic mass is 10.1. The summed E-state index contributed by atoms with van der Waals surface area (Å²) in [6, 6.07) is 16.8. The lowest BCUT2D eigenvalue weighted by Gasteiger charge is -1.97. The van der Waals surface area contributed by atoms with E-state index in [4.69, 9.17) is 0 Å². The molecule has 0 aliphatic carbocycles. The monoisotopic (exact) mass is 378 g/mol. The molecule has 152 valence electrons. The van der Waals surface area contributed by atoms with Gasteiger partial charge in [-0.2, -0.15) is 0 Å². The highest BCUT2D eigenvalue weighted by Crippen LogP contribution is 2.26. The predicted octanol–water partition coefficient (Wildman–Crippen LogP) is 7.96. The van der Waals surface area contributed by atoms with Crippen LogP contribution in [0.3, 0.4) is 0 Å². The largest absolute Gasteiger partial charge is 0.284 e. The van der Waals surface area contributed by atoms with E-state index in [0.29, 0.717) is 0 Å². The Morgan fingerprint density at radius 2 is 1.29 bits per heavy atom. The Morgan fingerprint density at radius 3 is 1.86 bits per heavy atom. The lowest BCUT2D eigenvalue weighted by Crippen LogP contribution is -1.94. The van der Waals surface area contributed by atoms with Crippen molar-refractivity contribution in [3.63, 3.8) is 0 Å². The zero-order valence-corrected chi connectivity index (χ0v) is 18.8. The number of benzene rings is 2. The second-order valence-corrected chi connectivity index (χ2v) is 7.02. The molecule has 2 aliphatic heterocycles. The Labute approximate surface area is 172 Å². The van der Waals surface area contributed by atoms with Gasteiger partial charge in [-0.15, -0.1) is 0 Å². The van der Waals surface area contributed by atoms with Crippen molar-refractivity contribution in [1.29, 1.82) is 0 Å². The summed E-state index contributed by atoms with van der Waals surface area (Å²) >= 11 is 0. The minimum Gasteiger partial charge on any atom is -0.284 e. The number of hydrogen-bond acceptors (Lipinski definition) is 2. The molecular weight excluding hydrogens is 340 g/mol. The van der Waals surface area contributed by atoms with Crippen LogP contribution >= 0.6 is 0 Å². The van der Waals surface area contributed by atoms with Crippen molar-refractivity contribution < 1.29 is 0 Å². The molecule has 0 aromatic heterocycles. The first-order valence-corrected chi connectivity index (χ1v) is 10.9. The van der Waals surface area contributed by atoms with Gasteiger partial charge in [-0.05, 0) is 30.0 Å². The molecule has 0 bridgehead atoms. The Balaban J connectivity index is 0.000000220. The number of nitrogens with zero attached hydrogens (tertiary/aromatic N) is 2. The number of para-hydroxylation sites is 1. The van der Waals surface area contributed by atoms with E-state index in [2.05, 4.69) is 94.0 Å². The summed E-state index contributed by atoms with van der Waals surface area (Å²) in [5.74, 6) is 0. The van der Waals surface area contributed by atoms with Crippen LogP contribution in [0.1, 0.15) is 83.9 Å². The van der Waals surface area contributed by atoms with Gasteiger partial charge >= 0.3 is 0 Å². The van der Waals surface area contributed by atoms with Crippen molar-refractivity contribution in [3.8, 4) is 0 Å². The third-order valence-corrected chi connectivity index (χ3v) is 4.18. The molecule has 0 saturated carbocycles. The van der Waals surface area contributed by atoms with Crippen molar-refractivity contribution in [2.24, 2.45) is 9.98 Å². The van der Waals surface area contributed by atoms with Gasteiger partial charge in [0.05, 0.1) is 12.2 Å². The van der Waals surface area contributed by atoms with Crippen molar-refractivity contribution >= 4 is 17.1 Å². The van der Waals surface area contributed by atoms with Crippen LogP contribution in [0.15, 0.2) is 58.5 Å². The van der Waals surface area contributed by atoms with Crippen molar-refractivity contribution in [1.82, 2.24) is 0 Å². The van der Waals surface area contributed by atoms with Gasteiger partial charge in [0, 0.05) is 23.4 Å². The third-order valence-electron chi connectivity index (χ3n) is 4.18. The molecule has 2 heteroatoms. The van der Waals surface area contributed by atoms with Crippen LogP contribution in [0.4, 0.5) is 5.69 Å². The smallest absolute Gasteiger partial charge is 0.0664 e. The van der Waals surface area contributed by atoms with Crippen LogP contribution in [0.5, 0.6) is 0 Å². The number of aliphatic imine (C=N–C) groups is 2. The summed E-state index contributed by atoms with van der Waals surface area (Å²) in [5.41, 5.74) is 7.86. The molecule has 0 radical (unpaired) electrons. The lowest BCUT2D eigenvalue weighted by molar-refractivity contribution is 1.09. The second-order valence-electron chi connectivity index (χ2n) is 7.02. The molecule has 2 aliphatic rings. The molecule has 0 N–H and O–H groups in total. The van der Waals surface area contributed by atoms with Crippen LogP contribution in [-0.2, 0) is 13.0 Å². The van der Waals surface area contributed by atoms with Crippen LogP contribution in [-0.4, -0.2) is 11.4 Å². The molecule has 0 amide bonds. The highest BCUT2D eigenvalue weighted by molar-refractivity contribution is 6.03. The summed E-state index contributed by atoms with van der Waals surface area (Å²) in [6.07, 6.45) is 5.69. The zero-order chi connectivity index (χ0) is 20.8. The fraction of sp³-hybridized carbons (Fsp3) is 0.462. The zero-order valence-electron chi connectivity index (χ0n) is 18.8. The van der Waals surface area contributed by atoms with Gasteiger partial charge in [-0.25, -0.2) is 0 Å². The van der Waals surface area contributed by atoms with E-state index in [1.54, 1.807) is 0 Å². The van der Waals surface area contributed by atoms with E-state index in [9.17, 15) is 0 Å². The number of rotatable bonds is 2. The van der Waals surface area contributed by atoms with E-state index in [0.717, 1.165) is 25.8 Å². The van der Waals surface area contributed by atoms with Crippen LogP contribution in [0, 0.1) is 0 Å². The molecule has 2 aromatic rings. The first kappa shape index (κ1) is 23.8. The fourth-order valence-corrected chi connectivity index (χ4v) is 2.91. The summed E-state index contributed by atoms with van der Waals surface area (Å²) in [4.78, 5) is 8.93. The van der Waals surface area contributed by atoms with Gasteiger partial charge in [-0.1, -0.05) is 96.8 Å². The summed E-state index contributed by atoms with van der Waals surface area (Å²) in [6.45, 7) is 13.7. The SMILES string of the molecule is CCC.CCC.CCC1=NCc2ccccc21.CCC1=Nc2ccccc2C1. The van der Waals surface area contributed by atoms with E-state index < -0.39 is 0 Å². The molecule has 0 fully saturated rings. The van der Waals surface area contributed by atoms with Gasteiger partial charge in [0.25, 0.3) is 0 Å². The molecule has 2 nitrogen and oxygen atoms in total. The maximum atomic E-state index is 4.49. The molecule has 0 unspecified atom stereocenters. The summed E-state index contributed by atoms with van der Waals surface area (Å²) < 4.78 is 0. The van der Waals surface area contributed by atoms with Gasteiger partial charge in [-0.3, -0.25) is 9.98 Å². The van der Waals surface area contributed by atoms with Gasteiger partial charge in [0.2, 0.25) is 0 Å². The average molecular weight is 379 g/mol. The summed E-state index contributed by atoms with van der Waals surface area (Å²) in [5, 5.41) is 0. The van der Waals surface area contributed by atoms with Gasteiger partial charge in [0.1, 0.15) is 0 Å². The highest BCUT2D eigenvalue weighted by Gasteiger charge is 2.12. The Hall–Kier alpha value is -2.22. The topological polar surface area (TPSA) is 24.7 Å². The molecule has 0 atom stereocenters. The van der Waals surface area contributed by atoms with E-state index in [1.807, 2.05) is 6.07 Å². The molecule has 2 aromatic carbocycles. The van der Waals surface area contributed by atoms with Crippen LogP contribution in [0.25, 0.3) is 0 Å². The molecule has 0 saturated heterocycles. The van der Waals surface area contributed by atoms with E-state index in [-0.39, 0.29) is 0 Å². The molecule has 0 spiro atoms. The van der Waals surface area contributed by atoms with E-state index >= 15 is 0 Å². The van der Waals surface area contributed by atoms with Crippen molar-refractivity contribution in [2.45, 2.75) is 80.2 Å². The maximum Gasteiger partial charge on any atom is 0.0664 e. The Kier molecular flexibility index (Phi) is 11.8. The minimum atomic E-state index is 0.888. The van der Waals surface area contributed by atoms with Crippen molar-refractivity contribution in [3.05, 3.63) is 65.2 Å². The Bertz CT molecular complexity index is 755.